The van der Waals surface area contributed by atoms with Crippen LogP contribution in [-0.4, -0.2) is 42.1 Å². The van der Waals surface area contributed by atoms with Gasteiger partial charge in [-0.2, -0.15) is 0 Å². The summed E-state index contributed by atoms with van der Waals surface area (Å²) < 4.78 is 0. The molecule has 0 radical (unpaired) electrons. The van der Waals surface area contributed by atoms with Gasteiger partial charge in [-0.3, -0.25) is 0 Å². The lowest BCUT2D eigenvalue weighted by Gasteiger charge is -2.40. The highest BCUT2D eigenvalue weighted by molar-refractivity contribution is 5.75. The first-order valence-corrected chi connectivity index (χ1v) is 7.65. The van der Waals surface area contributed by atoms with Crippen LogP contribution in [0.1, 0.15) is 51.4 Å². The highest BCUT2D eigenvalue weighted by Gasteiger charge is 2.35. The van der Waals surface area contributed by atoms with Crippen molar-refractivity contribution >= 4 is 6.03 Å². The molecule has 0 aromatic heterocycles. The molecule has 3 rings (SSSR count). The number of carbonyl (C=O) groups excluding carboxylic acids is 1. The number of rotatable bonds is 2. The Balaban J connectivity index is 1.60. The average molecular weight is 251 g/mol. The maximum Gasteiger partial charge on any atom is 0.317 e. The van der Waals surface area contributed by atoms with Crippen molar-refractivity contribution in [2.75, 3.05) is 13.1 Å². The molecular weight excluding hydrogens is 226 g/mol. The molecule has 3 fully saturated rings. The van der Waals surface area contributed by atoms with Crippen LogP contribution in [0.4, 0.5) is 4.79 Å². The number of carbonyl (C=O) groups is 1. The zero-order chi connectivity index (χ0) is 12.4. The van der Waals surface area contributed by atoms with Crippen LogP contribution in [0.25, 0.3) is 0 Å². The van der Waals surface area contributed by atoms with Gasteiger partial charge in [-0.1, -0.05) is 0 Å². The van der Waals surface area contributed by atoms with Crippen molar-refractivity contribution in [2.24, 2.45) is 0 Å². The second-order valence-electron chi connectivity index (χ2n) is 6.04. The molecule has 2 N–H and O–H groups in total. The Labute approximate surface area is 109 Å². The second kappa shape index (κ2) is 5.47. The lowest BCUT2D eigenvalue weighted by molar-refractivity contribution is 0.126. The minimum absolute atomic E-state index is 0.193. The van der Waals surface area contributed by atoms with E-state index in [2.05, 4.69) is 15.5 Å². The molecule has 4 heteroatoms. The maximum absolute atomic E-state index is 12.4. The number of nitrogens with zero attached hydrogens (tertiary/aromatic N) is 1. The van der Waals surface area contributed by atoms with E-state index in [0.29, 0.717) is 18.1 Å². The molecule has 102 valence electrons. The topological polar surface area (TPSA) is 44.4 Å². The third kappa shape index (κ3) is 2.48. The number of likely N-dealkylation sites (tertiary alicyclic amines) is 1. The number of hydrogen-bond donors (Lipinski definition) is 2. The molecule has 2 unspecified atom stereocenters. The molecule has 1 saturated carbocycles. The summed E-state index contributed by atoms with van der Waals surface area (Å²) in [6, 6.07) is 1.62. The Morgan fingerprint density at radius 3 is 2.61 bits per heavy atom. The van der Waals surface area contributed by atoms with Crippen LogP contribution in [0.5, 0.6) is 0 Å². The molecule has 0 bridgehead atoms. The number of hydrogen-bond acceptors (Lipinski definition) is 2. The molecule has 0 spiro atoms. The van der Waals surface area contributed by atoms with Gasteiger partial charge in [0.25, 0.3) is 0 Å². The molecule has 2 saturated heterocycles. The van der Waals surface area contributed by atoms with Crippen molar-refractivity contribution in [1.82, 2.24) is 15.5 Å². The van der Waals surface area contributed by atoms with Crippen molar-refractivity contribution in [2.45, 2.75) is 69.5 Å². The van der Waals surface area contributed by atoms with Gasteiger partial charge >= 0.3 is 6.03 Å². The van der Waals surface area contributed by atoms with Crippen molar-refractivity contribution < 1.29 is 4.79 Å². The molecule has 2 heterocycles. The minimum Gasteiger partial charge on any atom is -0.335 e. The highest BCUT2D eigenvalue weighted by atomic mass is 16.2. The third-order valence-electron chi connectivity index (χ3n) is 4.81. The van der Waals surface area contributed by atoms with E-state index in [1.807, 2.05) is 0 Å². The van der Waals surface area contributed by atoms with Gasteiger partial charge in [0.2, 0.25) is 0 Å². The predicted octanol–water partition coefficient (Wildman–Crippen LogP) is 1.85. The molecule has 4 nitrogen and oxygen atoms in total. The summed E-state index contributed by atoms with van der Waals surface area (Å²) >= 11 is 0. The SMILES string of the molecule is O=C(NC1CCC1)N1CCCCC1C1CCCN1. The Kier molecular flexibility index (Phi) is 3.73. The molecule has 18 heavy (non-hydrogen) atoms. The maximum atomic E-state index is 12.4. The number of nitrogens with one attached hydrogen (secondary N) is 2. The van der Waals surface area contributed by atoms with E-state index in [9.17, 15) is 4.79 Å². The van der Waals surface area contributed by atoms with Gasteiger partial charge in [0.05, 0.1) is 0 Å². The number of piperidine rings is 1. The fraction of sp³-hybridized carbons (Fsp3) is 0.929. The summed E-state index contributed by atoms with van der Waals surface area (Å²) in [7, 11) is 0. The first-order chi connectivity index (χ1) is 8.84. The number of urea groups is 1. The van der Waals surface area contributed by atoms with E-state index in [1.165, 1.54) is 51.4 Å². The Bertz CT molecular complexity index is 297. The van der Waals surface area contributed by atoms with E-state index < -0.39 is 0 Å². The largest absolute Gasteiger partial charge is 0.335 e. The summed E-state index contributed by atoms with van der Waals surface area (Å²) in [5, 5.41) is 6.77. The summed E-state index contributed by atoms with van der Waals surface area (Å²) in [5.74, 6) is 0. The fourth-order valence-corrected chi connectivity index (χ4v) is 3.48. The smallest absolute Gasteiger partial charge is 0.317 e. The van der Waals surface area contributed by atoms with E-state index >= 15 is 0 Å². The Morgan fingerprint density at radius 2 is 1.94 bits per heavy atom. The Hall–Kier alpha value is -0.770. The predicted molar refractivity (Wildman–Crippen MR) is 71.5 cm³/mol. The lowest BCUT2D eigenvalue weighted by Crippen LogP contribution is -2.57. The second-order valence-corrected chi connectivity index (χ2v) is 6.04. The Morgan fingerprint density at radius 1 is 1.06 bits per heavy atom. The molecule has 3 aliphatic rings. The summed E-state index contributed by atoms with van der Waals surface area (Å²) in [5.41, 5.74) is 0. The summed E-state index contributed by atoms with van der Waals surface area (Å²) in [6.45, 7) is 2.07. The fourth-order valence-electron chi connectivity index (χ4n) is 3.48. The average Bonchev–Trinajstić information content (AvgIpc) is 2.87. The normalized spacial score (nSPS) is 33.2. The zero-order valence-electron chi connectivity index (χ0n) is 11.2. The first-order valence-electron chi connectivity index (χ1n) is 7.65. The van der Waals surface area contributed by atoms with Gasteiger partial charge in [0.15, 0.2) is 0 Å². The van der Waals surface area contributed by atoms with E-state index in [0.717, 1.165) is 13.1 Å². The van der Waals surface area contributed by atoms with Gasteiger partial charge < -0.3 is 15.5 Å². The zero-order valence-corrected chi connectivity index (χ0v) is 11.2. The van der Waals surface area contributed by atoms with Crippen molar-refractivity contribution in [3.8, 4) is 0 Å². The number of amides is 2. The molecule has 1 aliphatic carbocycles. The van der Waals surface area contributed by atoms with Crippen LogP contribution in [-0.2, 0) is 0 Å². The van der Waals surface area contributed by atoms with E-state index in [1.54, 1.807) is 0 Å². The van der Waals surface area contributed by atoms with Gasteiger partial charge in [0, 0.05) is 24.7 Å². The summed E-state index contributed by atoms with van der Waals surface area (Å²) in [6.07, 6.45) is 9.74. The lowest BCUT2D eigenvalue weighted by atomic mass is 9.92. The summed E-state index contributed by atoms with van der Waals surface area (Å²) in [4.78, 5) is 14.5. The van der Waals surface area contributed by atoms with Gasteiger partial charge in [-0.25, -0.2) is 4.79 Å². The third-order valence-corrected chi connectivity index (χ3v) is 4.81. The molecule has 0 aromatic carbocycles. The highest BCUT2D eigenvalue weighted by Crippen LogP contribution is 2.25. The standard InChI is InChI=1S/C14H25N3O/c18-14(16-11-5-3-6-11)17-10-2-1-8-13(17)12-7-4-9-15-12/h11-13,15H,1-10H2,(H,16,18). The van der Waals surface area contributed by atoms with Gasteiger partial charge in [0.1, 0.15) is 0 Å². The molecule has 2 atom stereocenters. The molecule has 0 aromatic rings. The van der Waals surface area contributed by atoms with Gasteiger partial charge in [-0.05, 0) is 57.9 Å². The van der Waals surface area contributed by atoms with Crippen molar-refractivity contribution in [3.05, 3.63) is 0 Å². The van der Waals surface area contributed by atoms with Crippen LogP contribution in [0, 0.1) is 0 Å². The van der Waals surface area contributed by atoms with Gasteiger partial charge in [-0.15, -0.1) is 0 Å². The molecule has 2 amide bonds. The van der Waals surface area contributed by atoms with Crippen LogP contribution in [0.2, 0.25) is 0 Å². The van der Waals surface area contributed by atoms with E-state index in [4.69, 9.17) is 0 Å². The van der Waals surface area contributed by atoms with Crippen molar-refractivity contribution in [3.63, 3.8) is 0 Å². The van der Waals surface area contributed by atoms with Crippen LogP contribution in [0.3, 0.4) is 0 Å². The van der Waals surface area contributed by atoms with Crippen LogP contribution in [0.15, 0.2) is 0 Å². The molecular formula is C14H25N3O. The quantitative estimate of drug-likeness (QED) is 0.787. The first kappa shape index (κ1) is 12.3. The van der Waals surface area contributed by atoms with Crippen LogP contribution < -0.4 is 10.6 Å². The van der Waals surface area contributed by atoms with Crippen LogP contribution >= 0.6 is 0 Å². The van der Waals surface area contributed by atoms with E-state index in [-0.39, 0.29) is 6.03 Å². The van der Waals surface area contributed by atoms with Crippen molar-refractivity contribution in [1.29, 1.82) is 0 Å². The molecule has 2 aliphatic heterocycles. The monoisotopic (exact) mass is 251 g/mol. The minimum atomic E-state index is 0.193.